The minimum Gasteiger partial charge on any atom is -0.504 e. The number of para-hydroxylation sites is 2. The molecule has 0 saturated heterocycles. The Morgan fingerprint density at radius 2 is 1.75 bits per heavy atom. The molecule has 32 heavy (non-hydrogen) atoms. The summed E-state index contributed by atoms with van der Waals surface area (Å²) in [5, 5.41) is 18.1. The lowest BCUT2D eigenvalue weighted by atomic mass is 9.78. The van der Waals surface area contributed by atoms with E-state index in [0.29, 0.717) is 29.2 Å². The van der Waals surface area contributed by atoms with Crippen molar-refractivity contribution in [3.8, 4) is 11.5 Å². The molecular formula is C26H23ClN2O3. The number of anilines is 2. The van der Waals surface area contributed by atoms with E-state index >= 15 is 0 Å². The highest BCUT2D eigenvalue weighted by Crippen LogP contribution is 2.46. The Labute approximate surface area is 191 Å². The van der Waals surface area contributed by atoms with Crippen molar-refractivity contribution in [1.82, 2.24) is 0 Å². The van der Waals surface area contributed by atoms with E-state index in [9.17, 15) is 9.90 Å². The van der Waals surface area contributed by atoms with Gasteiger partial charge in [-0.25, -0.2) is 0 Å². The van der Waals surface area contributed by atoms with Crippen LogP contribution in [-0.4, -0.2) is 18.0 Å². The van der Waals surface area contributed by atoms with Gasteiger partial charge in [-0.15, -0.1) is 0 Å². The van der Waals surface area contributed by atoms with Gasteiger partial charge in [0.05, 0.1) is 24.5 Å². The molecule has 0 spiro atoms. The number of Topliss-reactive ketones (excluding diaryl/α,β-unsaturated/α-hetero) is 1. The van der Waals surface area contributed by atoms with Gasteiger partial charge in [-0.05, 0) is 53.8 Å². The molecule has 1 aliphatic heterocycles. The summed E-state index contributed by atoms with van der Waals surface area (Å²) < 4.78 is 5.20. The summed E-state index contributed by atoms with van der Waals surface area (Å²) in [5.74, 6) is 0.488. The van der Waals surface area contributed by atoms with Crippen molar-refractivity contribution >= 4 is 28.8 Å². The van der Waals surface area contributed by atoms with E-state index in [4.69, 9.17) is 16.3 Å². The number of methoxy groups -OCH3 is 1. The van der Waals surface area contributed by atoms with Crippen molar-refractivity contribution in [2.24, 2.45) is 0 Å². The van der Waals surface area contributed by atoms with Crippen molar-refractivity contribution in [2.75, 3.05) is 17.7 Å². The number of ether oxygens (including phenoxy) is 1. The third kappa shape index (κ3) is 3.59. The maximum Gasteiger partial charge on any atom is 0.163 e. The number of rotatable bonds is 3. The monoisotopic (exact) mass is 446 g/mol. The first-order chi connectivity index (χ1) is 15.5. The SMILES string of the molecule is COc1ccc([C@H]2Nc3ccccc3NC3=C2C(=O)C[C@H](c2ccccc2Cl)C3)cc1O. The number of hydrogen-bond acceptors (Lipinski definition) is 5. The zero-order chi connectivity index (χ0) is 22.2. The Kier molecular flexibility index (Phi) is 5.27. The van der Waals surface area contributed by atoms with Gasteiger partial charge in [0.15, 0.2) is 17.3 Å². The second-order valence-electron chi connectivity index (χ2n) is 8.12. The topological polar surface area (TPSA) is 70.6 Å². The van der Waals surface area contributed by atoms with Gasteiger partial charge >= 0.3 is 0 Å². The zero-order valence-electron chi connectivity index (χ0n) is 17.6. The van der Waals surface area contributed by atoms with Gasteiger partial charge in [0.2, 0.25) is 0 Å². The van der Waals surface area contributed by atoms with Crippen molar-refractivity contribution in [2.45, 2.75) is 24.8 Å². The van der Waals surface area contributed by atoms with Crippen molar-refractivity contribution in [3.63, 3.8) is 0 Å². The lowest BCUT2D eigenvalue weighted by molar-refractivity contribution is -0.116. The molecule has 3 aromatic rings. The number of benzene rings is 3. The number of ketones is 1. The van der Waals surface area contributed by atoms with Crippen molar-refractivity contribution < 1.29 is 14.6 Å². The lowest BCUT2D eigenvalue weighted by Crippen LogP contribution is -2.27. The number of allylic oxidation sites excluding steroid dienone is 1. The van der Waals surface area contributed by atoms with Crippen LogP contribution < -0.4 is 15.4 Å². The van der Waals surface area contributed by atoms with E-state index in [1.54, 1.807) is 12.1 Å². The average molecular weight is 447 g/mol. The van der Waals surface area contributed by atoms with Crippen molar-refractivity contribution in [1.29, 1.82) is 0 Å². The first-order valence-corrected chi connectivity index (χ1v) is 10.9. The van der Waals surface area contributed by atoms with E-state index in [0.717, 1.165) is 28.2 Å². The normalized spacial score (nSPS) is 19.9. The highest BCUT2D eigenvalue weighted by atomic mass is 35.5. The summed E-state index contributed by atoms with van der Waals surface area (Å²) in [5.41, 5.74) is 5.15. The predicted molar refractivity (Wildman–Crippen MR) is 127 cm³/mol. The molecule has 0 unspecified atom stereocenters. The zero-order valence-corrected chi connectivity index (χ0v) is 18.3. The molecule has 0 saturated carbocycles. The quantitative estimate of drug-likeness (QED) is 0.458. The molecule has 2 atom stereocenters. The number of hydrogen-bond donors (Lipinski definition) is 3. The molecule has 3 N–H and O–H groups in total. The molecule has 1 heterocycles. The maximum absolute atomic E-state index is 13.6. The fourth-order valence-electron chi connectivity index (χ4n) is 4.66. The third-order valence-corrected chi connectivity index (χ3v) is 6.53. The van der Waals surface area contributed by atoms with Gasteiger partial charge in [-0.1, -0.05) is 48.0 Å². The van der Waals surface area contributed by atoms with Crippen LogP contribution in [0.3, 0.4) is 0 Å². The second kappa shape index (κ2) is 8.24. The van der Waals surface area contributed by atoms with Gasteiger partial charge in [0.1, 0.15) is 0 Å². The van der Waals surface area contributed by atoms with Crippen LogP contribution in [0.4, 0.5) is 11.4 Å². The van der Waals surface area contributed by atoms with Gasteiger partial charge in [0, 0.05) is 22.7 Å². The number of phenolic OH excluding ortho intramolecular Hbond substituents is 1. The van der Waals surface area contributed by atoms with Crippen LogP contribution >= 0.6 is 11.6 Å². The van der Waals surface area contributed by atoms with Crippen LogP contribution in [0.2, 0.25) is 5.02 Å². The van der Waals surface area contributed by atoms with Gasteiger partial charge in [-0.2, -0.15) is 0 Å². The molecule has 1 aliphatic carbocycles. The summed E-state index contributed by atoms with van der Waals surface area (Å²) in [6.45, 7) is 0. The highest BCUT2D eigenvalue weighted by molar-refractivity contribution is 6.31. The van der Waals surface area contributed by atoms with Crippen LogP contribution in [0.25, 0.3) is 0 Å². The fraction of sp³-hybridized carbons (Fsp3) is 0.192. The van der Waals surface area contributed by atoms with Gasteiger partial charge in [-0.3, -0.25) is 4.79 Å². The summed E-state index contributed by atoms with van der Waals surface area (Å²) in [6.07, 6.45) is 1.04. The molecule has 3 aromatic carbocycles. The van der Waals surface area contributed by atoms with Crippen molar-refractivity contribution in [3.05, 3.63) is 94.1 Å². The largest absolute Gasteiger partial charge is 0.504 e. The maximum atomic E-state index is 13.6. The van der Waals surface area contributed by atoms with E-state index < -0.39 is 6.04 Å². The third-order valence-electron chi connectivity index (χ3n) is 6.19. The standard InChI is InChI=1S/C26H23ClN2O3/c1-32-24-11-10-15(13-22(24)30)26-25-21(28-19-8-4-5-9-20(19)29-26)12-16(14-23(25)31)17-6-2-3-7-18(17)27/h2-11,13,16,26,28-30H,12,14H2,1H3/t16-,26-/m1/s1. The van der Waals surface area contributed by atoms with Crippen LogP contribution in [0.15, 0.2) is 78.0 Å². The number of carbonyl (C=O) groups is 1. The Hall–Kier alpha value is -3.44. The molecule has 5 nitrogen and oxygen atoms in total. The number of nitrogens with one attached hydrogen (secondary N) is 2. The molecule has 0 amide bonds. The second-order valence-corrected chi connectivity index (χ2v) is 8.53. The summed E-state index contributed by atoms with van der Waals surface area (Å²) in [4.78, 5) is 13.6. The summed E-state index contributed by atoms with van der Waals surface area (Å²) in [6, 6.07) is 20.4. The summed E-state index contributed by atoms with van der Waals surface area (Å²) >= 11 is 6.46. The molecule has 0 bridgehead atoms. The average Bonchev–Trinajstić information content (AvgIpc) is 2.96. The number of carbonyl (C=O) groups excluding carboxylic acids is 1. The Morgan fingerprint density at radius 1 is 1.00 bits per heavy atom. The highest BCUT2D eigenvalue weighted by Gasteiger charge is 2.36. The molecule has 2 aliphatic rings. The fourth-order valence-corrected chi connectivity index (χ4v) is 4.95. The molecule has 162 valence electrons. The molecule has 0 fully saturated rings. The van der Waals surface area contributed by atoms with E-state index in [1.165, 1.54) is 7.11 Å². The molecule has 6 heteroatoms. The Balaban J connectivity index is 1.62. The predicted octanol–water partition coefficient (Wildman–Crippen LogP) is 6.03. The molecule has 5 rings (SSSR count). The van der Waals surface area contributed by atoms with Crippen LogP contribution in [0.1, 0.15) is 35.9 Å². The van der Waals surface area contributed by atoms with E-state index in [-0.39, 0.29) is 17.5 Å². The van der Waals surface area contributed by atoms with Crippen LogP contribution in [0, 0.1) is 0 Å². The summed E-state index contributed by atoms with van der Waals surface area (Å²) in [7, 11) is 1.51. The number of aromatic hydroxyl groups is 1. The Bertz CT molecular complexity index is 1240. The molecular weight excluding hydrogens is 424 g/mol. The lowest BCUT2D eigenvalue weighted by Gasteiger charge is -2.30. The van der Waals surface area contributed by atoms with Gasteiger partial charge < -0.3 is 20.5 Å². The minimum atomic E-state index is -0.405. The van der Waals surface area contributed by atoms with Crippen LogP contribution in [0.5, 0.6) is 11.5 Å². The number of halogens is 1. The first-order valence-electron chi connectivity index (χ1n) is 10.6. The number of phenols is 1. The van der Waals surface area contributed by atoms with Gasteiger partial charge in [0.25, 0.3) is 0 Å². The van der Waals surface area contributed by atoms with Crippen LogP contribution in [-0.2, 0) is 4.79 Å². The number of fused-ring (bicyclic) bond motifs is 1. The minimum absolute atomic E-state index is 0.00219. The molecule has 0 aromatic heterocycles. The smallest absolute Gasteiger partial charge is 0.163 e. The first kappa shape index (κ1) is 20.5. The molecule has 0 radical (unpaired) electrons. The Morgan fingerprint density at radius 3 is 2.50 bits per heavy atom. The van der Waals surface area contributed by atoms with E-state index in [1.807, 2.05) is 54.6 Å². The van der Waals surface area contributed by atoms with E-state index in [2.05, 4.69) is 10.6 Å².